The molecule has 0 amide bonds. The number of carbonyl (C=O) groups is 1. The van der Waals surface area contributed by atoms with E-state index in [-0.39, 0.29) is 11.3 Å². The van der Waals surface area contributed by atoms with E-state index < -0.39 is 17.0 Å². The Morgan fingerprint density at radius 2 is 1.60 bits per heavy atom. The summed E-state index contributed by atoms with van der Waals surface area (Å²) in [7, 11) is 0. The first-order chi connectivity index (χ1) is 14.3. The van der Waals surface area contributed by atoms with Crippen LogP contribution in [0.1, 0.15) is 30.5 Å². The predicted molar refractivity (Wildman–Crippen MR) is 116 cm³/mol. The van der Waals surface area contributed by atoms with Gasteiger partial charge < -0.3 is 9.84 Å². The number of nitriles is 1. The van der Waals surface area contributed by atoms with Crippen LogP contribution in [0.15, 0.2) is 78.9 Å². The standard InChI is InChI=1S/C25H22ClNO3/c1-24(2,16-18-8-4-3-5-9-18)25(23(28)29,20-12-14-21(26)15-13-20)30-22-11-7-6-10-19(22)17-27/h3-15H,16H2,1-2H3,(H,28,29). The van der Waals surface area contributed by atoms with Gasteiger partial charge in [0.15, 0.2) is 0 Å². The van der Waals surface area contributed by atoms with Crippen LogP contribution < -0.4 is 4.74 Å². The maximum Gasteiger partial charge on any atom is 0.353 e. The zero-order chi connectivity index (χ0) is 21.8. The van der Waals surface area contributed by atoms with Gasteiger partial charge in [-0.1, -0.05) is 80.0 Å². The third-order valence-corrected chi connectivity index (χ3v) is 5.52. The lowest BCUT2D eigenvalue weighted by molar-refractivity contribution is -0.169. The third-order valence-electron chi connectivity index (χ3n) is 5.26. The Balaban J connectivity index is 2.21. The summed E-state index contributed by atoms with van der Waals surface area (Å²) in [4.78, 5) is 12.9. The molecule has 0 bridgehead atoms. The molecule has 0 aliphatic carbocycles. The van der Waals surface area contributed by atoms with Gasteiger partial charge in [0.2, 0.25) is 5.60 Å². The number of carboxylic acids is 1. The van der Waals surface area contributed by atoms with Gasteiger partial charge in [-0.05, 0) is 36.2 Å². The highest BCUT2D eigenvalue weighted by atomic mass is 35.5. The van der Waals surface area contributed by atoms with E-state index in [1.165, 1.54) is 0 Å². The molecule has 0 spiro atoms. The number of rotatable bonds is 7. The Kier molecular flexibility index (Phi) is 6.14. The number of nitrogens with zero attached hydrogens (tertiary/aromatic N) is 1. The summed E-state index contributed by atoms with van der Waals surface area (Å²) in [6.45, 7) is 3.72. The lowest BCUT2D eigenvalue weighted by Crippen LogP contribution is -2.54. The van der Waals surface area contributed by atoms with E-state index in [2.05, 4.69) is 6.07 Å². The molecule has 0 aliphatic heterocycles. The molecule has 1 N–H and O–H groups in total. The molecule has 5 heteroatoms. The van der Waals surface area contributed by atoms with Crippen molar-refractivity contribution in [1.82, 2.24) is 0 Å². The highest BCUT2D eigenvalue weighted by Gasteiger charge is 2.55. The van der Waals surface area contributed by atoms with Crippen LogP contribution in [0.4, 0.5) is 0 Å². The summed E-state index contributed by atoms with van der Waals surface area (Å²) in [5.74, 6) is -0.919. The van der Waals surface area contributed by atoms with Gasteiger partial charge in [-0.3, -0.25) is 0 Å². The average Bonchev–Trinajstić information content (AvgIpc) is 2.73. The zero-order valence-corrected chi connectivity index (χ0v) is 17.6. The van der Waals surface area contributed by atoms with Gasteiger partial charge in [-0.2, -0.15) is 5.26 Å². The molecule has 1 atom stereocenters. The van der Waals surface area contributed by atoms with Gasteiger partial charge in [0.1, 0.15) is 11.8 Å². The molecule has 4 nitrogen and oxygen atoms in total. The first-order valence-corrected chi connectivity index (χ1v) is 9.89. The minimum Gasteiger partial charge on any atom is -0.478 e. The van der Waals surface area contributed by atoms with Gasteiger partial charge in [-0.25, -0.2) is 4.79 Å². The van der Waals surface area contributed by atoms with Gasteiger partial charge >= 0.3 is 5.97 Å². The summed E-state index contributed by atoms with van der Waals surface area (Å²) in [6, 6.07) is 25.0. The molecule has 1 unspecified atom stereocenters. The molecule has 0 heterocycles. The fourth-order valence-corrected chi connectivity index (χ4v) is 3.90. The summed E-state index contributed by atoms with van der Waals surface area (Å²) in [5.41, 5.74) is -0.948. The molecule has 0 radical (unpaired) electrons. The van der Waals surface area contributed by atoms with Crippen molar-refractivity contribution in [1.29, 1.82) is 5.26 Å². The van der Waals surface area contributed by atoms with E-state index >= 15 is 0 Å². The number of carboxylic acid groups (broad SMARTS) is 1. The second-order valence-corrected chi connectivity index (χ2v) is 8.19. The molecular formula is C25H22ClNO3. The van der Waals surface area contributed by atoms with Gasteiger partial charge in [0, 0.05) is 16.0 Å². The third kappa shape index (κ3) is 4.03. The first-order valence-electron chi connectivity index (χ1n) is 9.52. The summed E-state index contributed by atoms with van der Waals surface area (Å²) in [6.07, 6.45) is 0.442. The number of aliphatic carboxylic acids is 1. The van der Waals surface area contributed by atoms with Crippen molar-refractivity contribution in [3.05, 3.63) is 101 Å². The van der Waals surface area contributed by atoms with Crippen molar-refractivity contribution < 1.29 is 14.6 Å². The monoisotopic (exact) mass is 419 g/mol. The van der Waals surface area contributed by atoms with Crippen molar-refractivity contribution >= 4 is 17.6 Å². The van der Waals surface area contributed by atoms with Crippen LogP contribution in [0.25, 0.3) is 0 Å². The number of hydrogen-bond donors (Lipinski definition) is 1. The molecule has 3 rings (SSSR count). The van der Waals surface area contributed by atoms with Gasteiger partial charge in [0.25, 0.3) is 0 Å². The molecule has 152 valence electrons. The molecule has 0 saturated heterocycles. The summed E-state index contributed by atoms with van der Waals surface area (Å²) >= 11 is 6.06. The normalized spacial score (nSPS) is 13.1. The minimum atomic E-state index is -1.76. The van der Waals surface area contributed by atoms with Crippen LogP contribution in [0.5, 0.6) is 5.75 Å². The average molecular weight is 420 g/mol. The van der Waals surface area contributed by atoms with Crippen LogP contribution in [0, 0.1) is 16.7 Å². The number of halogens is 1. The number of hydrogen-bond acceptors (Lipinski definition) is 3. The fraction of sp³-hybridized carbons (Fsp3) is 0.200. The largest absolute Gasteiger partial charge is 0.478 e. The molecule has 0 aromatic heterocycles. The highest BCUT2D eigenvalue weighted by molar-refractivity contribution is 6.30. The number of para-hydroxylation sites is 1. The van der Waals surface area contributed by atoms with Crippen LogP contribution >= 0.6 is 11.6 Å². The van der Waals surface area contributed by atoms with E-state index in [0.717, 1.165) is 5.56 Å². The number of benzene rings is 3. The van der Waals surface area contributed by atoms with Crippen LogP contribution in [0.2, 0.25) is 5.02 Å². The second-order valence-electron chi connectivity index (χ2n) is 7.75. The van der Waals surface area contributed by atoms with Crippen LogP contribution in [-0.2, 0) is 16.8 Å². The lowest BCUT2D eigenvalue weighted by atomic mass is 9.67. The van der Waals surface area contributed by atoms with E-state index in [4.69, 9.17) is 16.3 Å². The van der Waals surface area contributed by atoms with E-state index in [1.54, 1.807) is 48.5 Å². The Morgan fingerprint density at radius 3 is 2.20 bits per heavy atom. The Hall–Kier alpha value is -3.29. The minimum absolute atomic E-state index is 0.221. The van der Waals surface area contributed by atoms with Crippen molar-refractivity contribution in [2.75, 3.05) is 0 Å². The Morgan fingerprint density at radius 1 is 1.00 bits per heavy atom. The van der Waals surface area contributed by atoms with E-state index in [0.29, 0.717) is 17.0 Å². The molecule has 0 saturated carbocycles. The van der Waals surface area contributed by atoms with Crippen LogP contribution in [0.3, 0.4) is 0 Å². The van der Waals surface area contributed by atoms with Crippen molar-refractivity contribution in [2.24, 2.45) is 5.41 Å². The summed E-state index contributed by atoms with van der Waals surface area (Å²) < 4.78 is 6.28. The van der Waals surface area contributed by atoms with Crippen molar-refractivity contribution in [3.8, 4) is 11.8 Å². The van der Waals surface area contributed by atoms with Gasteiger partial charge in [0.05, 0.1) is 5.56 Å². The SMILES string of the molecule is CC(C)(Cc1ccccc1)C(Oc1ccccc1C#N)(C(=O)O)c1ccc(Cl)cc1. The second kappa shape index (κ2) is 8.61. The summed E-state index contributed by atoms with van der Waals surface area (Å²) in [5, 5.41) is 20.5. The maximum atomic E-state index is 12.9. The van der Waals surface area contributed by atoms with E-state index in [9.17, 15) is 15.2 Å². The maximum absolute atomic E-state index is 12.9. The van der Waals surface area contributed by atoms with Crippen molar-refractivity contribution in [2.45, 2.75) is 25.9 Å². The first kappa shape index (κ1) is 21.4. The molecule has 0 fully saturated rings. The topological polar surface area (TPSA) is 70.3 Å². The van der Waals surface area contributed by atoms with Crippen LogP contribution in [-0.4, -0.2) is 11.1 Å². The molecule has 3 aromatic carbocycles. The molecule has 0 aliphatic rings. The lowest BCUT2D eigenvalue weighted by Gasteiger charge is -2.44. The van der Waals surface area contributed by atoms with Crippen molar-refractivity contribution in [3.63, 3.8) is 0 Å². The molecular weight excluding hydrogens is 398 g/mol. The zero-order valence-electron chi connectivity index (χ0n) is 16.8. The quantitative estimate of drug-likeness (QED) is 0.522. The Bertz CT molecular complexity index is 1070. The number of ether oxygens (including phenoxy) is 1. The fourth-order valence-electron chi connectivity index (χ4n) is 3.77. The smallest absolute Gasteiger partial charge is 0.353 e. The highest BCUT2D eigenvalue weighted by Crippen LogP contribution is 2.46. The van der Waals surface area contributed by atoms with E-state index in [1.807, 2.05) is 44.2 Å². The molecule has 3 aromatic rings. The Labute approximate surface area is 181 Å². The predicted octanol–water partition coefficient (Wildman–Crippen LogP) is 5.84. The molecule has 30 heavy (non-hydrogen) atoms. The van der Waals surface area contributed by atoms with Gasteiger partial charge in [-0.15, -0.1) is 0 Å².